The molecule has 0 radical (unpaired) electrons. The van der Waals surface area contributed by atoms with Gasteiger partial charge >= 0.3 is 5.97 Å². The maximum Gasteiger partial charge on any atom is 0.336 e. The summed E-state index contributed by atoms with van der Waals surface area (Å²) in [5.41, 5.74) is 3.87. The normalized spacial score (nSPS) is 19.4. The minimum absolute atomic E-state index is 0.111. The SMILES string of the molecule is CCOCCOC(=O)C1=C(C)NC2=C(C(=O)CCC2)[C@H]1c1ccc(SC)cc1. The Morgan fingerprint density at radius 2 is 1.96 bits per heavy atom. The number of ketones is 1. The lowest BCUT2D eigenvalue weighted by molar-refractivity contribution is -0.140. The molecule has 1 aromatic carbocycles. The summed E-state index contributed by atoms with van der Waals surface area (Å²) >= 11 is 1.66. The first kappa shape index (κ1) is 20.7. The Bertz CT molecular complexity index is 810. The zero-order chi connectivity index (χ0) is 20.1. The van der Waals surface area contributed by atoms with Crippen molar-refractivity contribution in [1.82, 2.24) is 5.32 Å². The van der Waals surface area contributed by atoms with Crippen molar-refractivity contribution in [3.05, 3.63) is 52.4 Å². The van der Waals surface area contributed by atoms with Crippen molar-refractivity contribution in [1.29, 1.82) is 0 Å². The summed E-state index contributed by atoms with van der Waals surface area (Å²) in [7, 11) is 0. The lowest BCUT2D eigenvalue weighted by Gasteiger charge is -2.34. The van der Waals surface area contributed by atoms with Gasteiger partial charge in [0.05, 0.1) is 12.2 Å². The lowest BCUT2D eigenvalue weighted by atomic mass is 9.75. The van der Waals surface area contributed by atoms with Crippen LogP contribution >= 0.6 is 11.8 Å². The Balaban J connectivity index is 1.97. The number of rotatable bonds is 7. The van der Waals surface area contributed by atoms with Gasteiger partial charge in [-0.15, -0.1) is 11.8 Å². The van der Waals surface area contributed by atoms with Gasteiger partial charge in [0.2, 0.25) is 0 Å². The highest BCUT2D eigenvalue weighted by atomic mass is 32.2. The Kier molecular flexibility index (Phi) is 6.97. The molecule has 150 valence electrons. The largest absolute Gasteiger partial charge is 0.460 e. The molecule has 0 saturated heterocycles. The van der Waals surface area contributed by atoms with Crippen molar-refractivity contribution < 1.29 is 19.1 Å². The number of hydrogen-bond acceptors (Lipinski definition) is 6. The number of ether oxygens (including phenoxy) is 2. The number of esters is 1. The number of allylic oxidation sites excluding steroid dienone is 3. The van der Waals surface area contributed by atoms with Gasteiger partial charge in [0, 0.05) is 40.8 Å². The number of hydrogen-bond donors (Lipinski definition) is 1. The highest BCUT2D eigenvalue weighted by Crippen LogP contribution is 2.42. The maximum atomic E-state index is 12.9. The number of thioether (sulfide) groups is 1. The van der Waals surface area contributed by atoms with Crippen LogP contribution in [-0.2, 0) is 19.1 Å². The second-order valence-corrected chi connectivity index (χ2v) is 7.75. The van der Waals surface area contributed by atoms with Crippen molar-refractivity contribution in [2.24, 2.45) is 0 Å². The molecule has 0 spiro atoms. The molecule has 1 aliphatic heterocycles. The van der Waals surface area contributed by atoms with Crippen molar-refractivity contribution >= 4 is 23.5 Å². The van der Waals surface area contributed by atoms with Gasteiger partial charge in [-0.3, -0.25) is 4.79 Å². The van der Waals surface area contributed by atoms with E-state index in [4.69, 9.17) is 9.47 Å². The van der Waals surface area contributed by atoms with E-state index in [1.54, 1.807) is 11.8 Å². The molecule has 1 N–H and O–H groups in total. The average Bonchev–Trinajstić information content (AvgIpc) is 2.70. The van der Waals surface area contributed by atoms with Crippen molar-refractivity contribution in [2.75, 3.05) is 26.1 Å². The predicted octanol–water partition coefficient (Wildman–Crippen LogP) is 3.96. The maximum absolute atomic E-state index is 12.9. The van der Waals surface area contributed by atoms with Gasteiger partial charge in [-0.1, -0.05) is 12.1 Å². The van der Waals surface area contributed by atoms with E-state index < -0.39 is 5.97 Å². The minimum Gasteiger partial charge on any atom is -0.460 e. The summed E-state index contributed by atoms with van der Waals surface area (Å²) in [4.78, 5) is 26.9. The van der Waals surface area contributed by atoms with E-state index >= 15 is 0 Å². The van der Waals surface area contributed by atoms with Gasteiger partial charge in [0.15, 0.2) is 5.78 Å². The second kappa shape index (κ2) is 9.43. The zero-order valence-electron chi connectivity index (χ0n) is 16.7. The van der Waals surface area contributed by atoms with Gasteiger partial charge in [-0.05, 0) is 50.6 Å². The van der Waals surface area contributed by atoms with Crippen molar-refractivity contribution in [3.63, 3.8) is 0 Å². The third-order valence-corrected chi connectivity index (χ3v) is 5.85. The van der Waals surface area contributed by atoms with E-state index in [-0.39, 0.29) is 18.3 Å². The molecule has 2 aliphatic rings. The molecular formula is C22H27NO4S. The third-order valence-electron chi connectivity index (χ3n) is 5.11. The van der Waals surface area contributed by atoms with Crippen LogP contribution < -0.4 is 5.32 Å². The molecule has 0 saturated carbocycles. The van der Waals surface area contributed by atoms with Crippen LogP contribution in [0.1, 0.15) is 44.6 Å². The zero-order valence-corrected chi connectivity index (χ0v) is 17.5. The van der Waals surface area contributed by atoms with Gasteiger partial charge in [0.1, 0.15) is 6.61 Å². The number of benzene rings is 1. The monoisotopic (exact) mass is 401 g/mol. The van der Waals surface area contributed by atoms with Crippen LogP contribution in [-0.4, -0.2) is 37.8 Å². The molecule has 1 atom stereocenters. The highest BCUT2D eigenvalue weighted by Gasteiger charge is 2.39. The fraction of sp³-hybridized carbons (Fsp3) is 0.455. The molecule has 3 rings (SSSR count). The highest BCUT2D eigenvalue weighted by molar-refractivity contribution is 7.98. The number of carbonyl (C=O) groups is 2. The summed E-state index contributed by atoms with van der Waals surface area (Å²) < 4.78 is 10.7. The standard InChI is InChI=1S/C22H27NO4S/c1-4-26-12-13-27-22(25)19-14(2)23-17-6-5-7-18(24)21(17)20(19)15-8-10-16(28-3)11-9-15/h8-11,20,23H,4-7,12-13H2,1-3H3/t20-/m0/s1. The molecule has 1 aliphatic carbocycles. The molecule has 0 aromatic heterocycles. The van der Waals surface area contributed by atoms with Crippen LogP contribution in [0.4, 0.5) is 0 Å². The lowest BCUT2D eigenvalue weighted by Crippen LogP contribution is -2.34. The van der Waals surface area contributed by atoms with E-state index in [9.17, 15) is 9.59 Å². The van der Waals surface area contributed by atoms with Crippen LogP contribution in [0.5, 0.6) is 0 Å². The molecule has 1 aromatic rings. The first-order valence-electron chi connectivity index (χ1n) is 9.69. The molecule has 5 nitrogen and oxygen atoms in total. The van der Waals surface area contributed by atoms with Crippen molar-refractivity contribution in [3.8, 4) is 0 Å². The number of dihydropyridines is 1. The number of carbonyl (C=O) groups excluding carboxylic acids is 2. The second-order valence-electron chi connectivity index (χ2n) is 6.87. The minimum atomic E-state index is -0.395. The number of Topliss-reactive ketones (excluding diaryl/α,β-unsaturated/α-hetero) is 1. The average molecular weight is 402 g/mol. The molecular weight excluding hydrogens is 374 g/mol. The molecule has 0 fully saturated rings. The molecule has 0 amide bonds. The van der Waals surface area contributed by atoms with Gasteiger partial charge < -0.3 is 14.8 Å². The first-order valence-corrected chi connectivity index (χ1v) is 10.9. The van der Waals surface area contributed by atoms with E-state index in [0.717, 1.165) is 34.7 Å². The Morgan fingerprint density at radius 1 is 1.21 bits per heavy atom. The quantitative estimate of drug-likeness (QED) is 0.424. The molecule has 28 heavy (non-hydrogen) atoms. The summed E-state index contributed by atoms with van der Waals surface area (Å²) in [6.07, 6.45) is 4.20. The Morgan fingerprint density at radius 3 is 2.64 bits per heavy atom. The summed E-state index contributed by atoms with van der Waals surface area (Å²) in [5.74, 6) is -0.673. The first-order chi connectivity index (χ1) is 13.6. The Hall–Kier alpha value is -2.05. The fourth-order valence-corrected chi connectivity index (χ4v) is 4.21. The predicted molar refractivity (Wildman–Crippen MR) is 110 cm³/mol. The van der Waals surface area contributed by atoms with E-state index in [2.05, 4.69) is 5.32 Å². The smallest absolute Gasteiger partial charge is 0.336 e. The molecule has 1 heterocycles. The van der Waals surface area contributed by atoms with Crippen molar-refractivity contribution in [2.45, 2.75) is 43.9 Å². The van der Waals surface area contributed by atoms with Crippen LogP contribution in [0.25, 0.3) is 0 Å². The molecule has 0 bridgehead atoms. The summed E-state index contributed by atoms with van der Waals surface area (Å²) in [5, 5.41) is 3.31. The third kappa shape index (κ3) is 4.33. The van der Waals surface area contributed by atoms with Gasteiger partial charge in [-0.2, -0.15) is 0 Å². The van der Waals surface area contributed by atoms with Crippen LogP contribution in [0.2, 0.25) is 0 Å². The molecule has 0 unspecified atom stereocenters. The number of nitrogens with one attached hydrogen (secondary N) is 1. The van der Waals surface area contributed by atoms with Gasteiger partial charge in [0.25, 0.3) is 0 Å². The summed E-state index contributed by atoms with van der Waals surface area (Å²) in [6, 6.07) is 8.08. The van der Waals surface area contributed by atoms with Crippen LogP contribution in [0.3, 0.4) is 0 Å². The van der Waals surface area contributed by atoms with E-state index in [1.807, 2.05) is 44.4 Å². The topological polar surface area (TPSA) is 64.6 Å². The van der Waals surface area contributed by atoms with Crippen LogP contribution in [0, 0.1) is 0 Å². The summed E-state index contributed by atoms with van der Waals surface area (Å²) in [6.45, 7) is 4.92. The van der Waals surface area contributed by atoms with E-state index in [0.29, 0.717) is 30.8 Å². The van der Waals surface area contributed by atoms with E-state index in [1.165, 1.54) is 0 Å². The molecule has 6 heteroatoms. The van der Waals surface area contributed by atoms with Crippen LogP contribution in [0.15, 0.2) is 51.7 Å². The Labute approximate surface area is 170 Å². The van der Waals surface area contributed by atoms with Gasteiger partial charge in [-0.25, -0.2) is 4.79 Å². The fourth-order valence-electron chi connectivity index (χ4n) is 3.80.